The second kappa shape index (κ2) is 7.77. The molecule has 7 heteroatoms. The minimum Gasteiger partial charge on any atom is -0.497 e. The van der Waals surface area contributed by atoms with Crippen LogP contribution in [0.3, 0.4) is 0 Å². The van der Waals surface area contributed by atoms with Gasteiger partial charge in [0, 0.05) is 0 Å². The number of nitrogens with one attached hydrogen (secondary N) is 1. The van der Waals surface area contributed by atoms with Crippen LogP contribution in [0, 0.1) is 0 Å². The molecular formula is C16H14Cl3NO3. The zero-order chi connectivity index (χ0) is 17.0. The lowest BCUT2D eigenvalue weighted by Crippen LogP contribution is -2.30. The lowest BCUT2D eigenvalue weighted by Gasteiger charge is -2.16. The van der Waals surface area contributed by atoms with Gasteiger partial charge in [0.1, 0.15) is 11.5 Å². The maximum Gasteiger partial charge on any atom is 0.265 e. The highest BCUT2D eigenvalue weighted by Gasteiger charge is 2.17. The third kappa shape index (κ3) is 4.67. The van der Waals surface area contributed by atoms with E-state index in [1.54, 1.807) is 38.3 Å². The molecule has 2 aromatic rings. The van der Waals surface area contributed by atoms with Gasteiger partial charge in [-0.1, -0.05) is 34.8 Å². The van der Waals surface area contributed by atoms with E-state index in [4.69, 9.17) is 44.3 Å². The molecule has 0 saturated heterocycles. The Hall–Kier alpha value is -1.62. The fraction of sp³-hybridized carbons (Fsp3) is 0.188. The fourth-order valence-electron chi connectivity index (χ4n) is 1.76. The molecule has 0 aliphatic carbocycles. The highest BCUT2D eigenvalue weighted by Crippen LogP contribution is 2.32. The second-order valence-corrected chi connectivity index (χ2v) is 5.89. The van der Waals surface area contributed by atoms with Crippen molar-refractivity contribution in [3.05, 3.63) is 51.5 Å². The number of rotatable bonds is 5. The van der Waals surface area contributed by atoms with Crippen LogP contribution in [0.5, 0.6) is 11.5 Å². The molecule has 4 nitrogen and oxygen atoms in total. The molecule has 1 N–H and O–H groups in total. The molecule has 0 heterocycles. The van der Waals surface area contributed by atoms with Gasteiger partial charge in [-0.3, -0.25) is 4.79 Å². The van der Waals surface area contributed by atoms with E-state index in [0.29, 0.717) is 32.3 Å². The van der Waals surface area contributed by atoms with Crippen LogP contribution in [-0.4, -0.2) is 19.1 Å². The number of carbonyl (C=O) groups excluding carboxylic acids is 1. The minimum absolute atomic E-state index is 0.296. The second-order valence-electron chi connectivity index (χ2n) is 4.67. The average Bonchev–Trinajstić information content (AvgIpc) is 2.53. The molecule has 1 amide bonds. The van der Waals surface area contributed by atoms with E-state index in [9.17, 15) is 4.79 Å². The molecular weight excluding hydrogens is 361 g/mol. The number of methoxy groups -OCH3 is 1. The quantitative estimate of drug-likeness (QED) is 0.744. The topological polar surface area (TPSA) is 47.6 Å². The fourth-order valence-corrected chi connectivity index (χ4v) is 2.36. The Labute approximate surface area is 149 Å². The van der Waals surface area contributed by atoms with E-state index in [-0.39, 0.29) is 5.91 Å². The van der Waals surface area contributed by atoms with Gasteiger partial charge in [0.15, 0.2) is 6.10 Å². The van der Waals surface area contributed by atoms with Crippen molar-refractivity contribution in [2.45, 2.75) is 13.0 Å². The standard InChI is InChI=1S/C16H14Cl3NO3/c1-9(23-11-5-3-10(22-2)4-6-11)16(21)20-15-8-13(18)12(17)7-14(15)19/h3-9H,1-2H3,(H,20,21). The molecule has 0 spiro atoms. The van der Waals surface area contributed by atoms with Crippen LogP contribution in [0.2, 0.25) is 15.1 Å². The van der Waals surface area contributed by atoms with Gasteiger partial charge in [0.25, 0.3) is 5.91 Å². The largest absolute Gasteiger partial charge is 0.497 e. The van der Waals surface area contributed by atoms with Crippen LogP contribution in [0.25, 0.3) is 0 Å². The van der Waals surface area contributed by atoms with Crippen molar-refractivity contribution in [2.24, 2.45) is 0 Å². The van der Waals surface area contributed by atoms with Crippen LogP contribution in [0.4, 0.5) is 5.69 Å². The van der Waals surface area contributed by atoms with Gasteiger partial charge in [0.05, 0.1) is 27.9 Å². The van der Waals surface area contributed by atoms with Crippen LogP contribution in [0.1, 0.15) is 6.92 Å². The highest BCUT2D eigenvalue weighted by molar-refractivity contribution is 6.44. The Kier molecular flexibility index (Phi) is 5.99. The summed E-state index contributed by atoms with van der Waals surface area (Å²) in [6.07, 6.45) is -0.728. The molecule has 0 saturated carbocycles. The molecule has 0 aromatic heterocycles. The van der Waals surface area contributed by atoms with Crippen LogP contribution < -0.4 is 14.8 Å². The van der Waals surface area contributed by atoms with Gasteiger partial charge >= 0.3 is 0 Å². The molecule has 2 rings (SSSR count). The maximum atomic E-state index is 12.2. The number of benzene rings is 2. The zero-order valence-corrected chi connectivity index (χ0v) is 14.7. The maximum absolute atomic E-state index is 12.2. The summed E-state index contributed by atoms with van der Waals surface area (Å²) < 4.78 is 10.6. The lowest BCUT2D eigenvalue weighted by atomic mass is 10.3. The molecule has 2 aromatic carbocycles. The average molecular weight is 375 g/mol. The van der Waals surface area contributed by atoms with Gasteiger partial charge in [-0.05, 0) is 43.3 Å². The van der Waals surface area contributed by atoms with Crippen molar-refractivity contribution in [1.82, 2.24) is 0 Å². The van der Waals surface area contributed by atoms with E-state index in [2.05, 4.69) is 5.32 Å². The van der Waals surface area contributed by atoms with E-state index in [1.165, 1.54) is 12.1 Å². The first-order valence-electron chi connectivity index (χ1n) is 6.67. The Morgan fingerprint density at radius 3 is 2.17 bits per heavy atom. The summed E-state index contributed by atoms with van der Waals surface area (Å²) in [7, 11) is 1.58. The smallest absolute Gasteiger partial charge is 0.265 e. The van der Waals surface area contributed by atoms with Gasteiger partial charge in [0.2, 0.25) is 0 Å². The monoisotopic (exact) mass is 373 g/mol. The van der Waals surface area contributed by atoms with Crippen molar-refractivity contribution in [3.8, 4) is 11.5 Å². The normalized spacial score (nSPS) is 11.7. The first-order valence-corrected chi connectivity index (χ1v) is 7.80. The third-order valence-corrected chi connectivity index (χ3v) is 4.04. The Morgan fingerprint density at radius 2 is 1.57 bits per heavy atom. The summed E-state index contributed by atoms with van der Waals surface area (Å²) in [6.45, 7) is 1.63. The number of halogens is 3. The van der Waals surface area contributed by atoms with E-state index in [1.807, 2.05) is 0 Å². The predicted octanol–water partition coefficient (Wildman–Crippen LogP) is 5.06. The molecule has 0 aliphatic heterocycles. The molecule has 0 aliphatic rings. The van der Waals surface area contributed by atoms with E-state index < -0.39 is 6.10 Å². The Balaban J connectivity index is 2.03. The summed E-state index contributed by atoms with van der Waals surface area (Å²) in [5.41, 5.74) is 0.372. The summed E-state index contributed by atoms with van der Waals surface area (Å²) in [4.78, 5) is 12.2. The molecule has 122 valence electrons. The van der Waals surface area contributed by atoms with Gasteiger partial charge in [-0.2, -0.15) is 0 Å². The highest BCUT2D eigenvalue weighted by atomic mass is 35.5. The van der Waals surface area contributed by atoms with Crippen molar-refractivity contribution < 1.29 is 14.3 Å². The first kappa shape index (κ1) is 17.7. The minimum atomic E-state index is -0.728. The number of hydrogen-bond acceptors (Lipinski definition) is 3. The van der Waals surface area contributed by atoms with Crippen LogP contribution in [0.15, 0.2) is 36.4 Å². The SMILES string of the molecule is COc1ccc(OC(C)C(=O)Nc2cc(Cl)c(Cl)cc2Cl)cc1. The summed E-state index contributed by atoms with van der Waals surface area (Å²) >= 11 is 17.8. The number of hydrogen-bond donors (Lipinski definition) is 1. The molecule has 23 heavy (non-hydrogen) atoms. The summed E-state index contributed by atoms with van der Waals surface area (Å²) in [6, 6.07) is 9.88. The van der Waals surface area contributed by atoms with Crippen molar-refractivity contribution >= 4 is 46.4 Å². The Bertz CT molecular complexity index is 704. The zero-order valence-electron chi connectivity index (χ0n) is 12.4. The summed E-state index contributed by atoms with van der Waals surface area (Å²) in [5, 5.41) is 3.57. The molecule has 1 unspecified atom stereocenters. The van der Waals surface area contributed by atoms with Crippen LogP contribution >= 0.6 is 34.8 Å². The van der Waals surface area contributed by atoms with Crippen molar-refractivity contribution in [1.29, 1.82) is 0 Å². The Morgan fingerprint density at radius 1 is 1.00 bits per heavy atom. The predicted molar refractivity (Wildman–Crippen MR) is 93.2 cm³/mol. The molecule has 0 radical (unpaired) electrons. The van der Waals surface area contributed by atoms with E-state index in [0.717, 1.165) is 0 Å². The van der Waals surface area contributed by atoms with Crippen LogP contribution in [-0.2, 0) is 4.79 Å². The van der Waals surface area contributed by atoms with E-state index >= 15 is 0 Å². The first-order chi connectivity index (χ1) is 10.9. The van der Waals surface area contributed by atoms with Gasteiger partial charge in [-0.15, -0.1) is 0 Å². The summed E-state index contributed by atoms with van der Waals surface area (Å²) in [5.74, 6) is 0.895. The number of amides is 1. The van der Waals surface area contributed by atoms with Crippen molar-refractivity contribution in [2.75, 3.05) is 12.4 Å². The molecule has 0 bridgehead atoms. The van der Waals surface area contributed by atoms with Gasteiger partial charge < -0.3 is 14.8 Å². The molecule has 1 atom stereocenters. The lowest BCUT2D eigenvalue weighted by molar-refractivity contribution is -0.122. The van der Waals surface area contributed by atoms with Gasteiger partial charge in [-0.25, -0.2) is 0 Å². The number of anilines is 1. The molecule has 0 fully saturated rings. The van der Waals surface area contributed by atoms with Crippen molar-refractivity contribution in [3.63, 3.8) is 0 Å². The number of carbonyl (C=O) groups is 1. The third-order valence-electron chi connectivity index (χ3n) is 3.01. The number of ether oxygens (including phenoxy) is 2.